The van der Waals surface area contributed by atoms with Crippen molar-refractivity contribution in [3.8, 4) is 0 Å². The number of carbonyl (C=O) groups excluding carboxylic acids is 2. The van der Waals surface area contributed by atoms with Crippen molar-refractivity contribution >= 4 is 11.8 Å². The first-order valence-corrected chi connectivity index (χ1v) is 12.2. The van der Waals surface area contributed by atoms with Crippen LogP contribution in [0.3, 0.4) is 0 Å². The summed E-state index contributed by atoms with van der Waals surface area (Å²) in [6.07, 6.45) is 6.35. The van der Waals surface area contributed by atoms with Crippen LogP contribution in [0.15, 0.2) is 0 Å². The molecule has 6 nitrogen and oxygen atoms in total. The number of rotatable bonds is 6. The minimum Gasteiger partial charge on any atom is -0.341 e. The molecule has 3 rings (SSSR count). The van der Waals surface area contributed by atoms with Gasteiger partial charge in [-0.2, -0.15) is 0 Å². The summed E-state index contributed by atoms with van der Waals surface area (Å²) in [5, 5.41) is 3.38. The Kier molecular flexibility index (Phi) is 7.83. The van der Waals surface area contributed by atoms with Crippen LogP contribution in [0.5, 0.6) is 0 Å². The molecular formula is C24H44N4O2. The molecule has 3 aliphatic heterocycles. The highest BCUT2D eigenvalue weighted by atomic mass is 16.2. The molecule has 2 atom stereocenters. The van der Waals surface area contributed by atoms with Crippen molar-refractivity contribution in [2.45, 2.75) is 78.3 Å². The molecule has 2 amide bonds. The largest absolute Gasteiger partial charge is 0.341 e. The normalized spacial score (nSPS) is 26.6. The predicted octanol–water partition coefficient (Wildman–Crippen LogP) is 2.58. The molecule has 6 heteroatoms. The number of nitrogens with one attached hydrogen (secondary N) is 1. The van der Waals surface area contributed by atoms with Crippen LogP contribution in [0.1, 0.15) is 66.2 Å². The molecule has 172 valence electrons. The zero-order valence-electron chi connectivity index (χ0n) is 20.0. The highest BCUT2D eigenvalue weighted by Gasteiger charge is 2.42. The number of hydrogen-bond donors (Lipinski definition) is 1. The lowest BCUT2D eigenvalue weighted by atomic mass is 9.72. The van der Waals surface area contributed by atoms with Crippen molar-refractivity contribution in [2.75, 3.05) is 46.3 Å². The van der Waals surface area contributed by atoms with Crippen molar-refractivity contribution < 1.29 is 9.59 Å². The van der Waals surface area contributed by atoms with E-state index >= 15 is 0 Å². The first-order chi connectivity index (χ1) is 14.2. The van der Waals surface area contributed by atoms with Crippen molar-refractivity contribution in [1.82, 2.24) is 20.0 Å². The van der Waals surface area contributed by atoms with Gasteiger partial charge in [-0.05, 0) is 69.4 Å². The lowest BCUT2D eigenvalue weighted by molar-refractivity contribution is -0.151. The lowest BCUT2D eigenvalue weighted by Crippen LogP contribution is -2.62. The number of likely N-dealkylation sites (tertiary alicyclic amines) is 2. The van der Waals surface area contributed by atoms with Crippen molar-refractivity contribution in [3.63, 3.8) is 0 Å². The maximum atomic E-state index is 13.6. The smallest absolute Gasteiger partial charge is 0.245 e. The monoisotopic (exact) mass is 420 g/mol. The fourth-order valence-corrected chi connectivity index (χ4v) is 5.80. The van der Waals surface area contributed by atoms with Crippen LogP contribution in [0.2, 0.25) is 0 Å². The van der Waals surface area contributed by atoms with Gasteiger partial charge in [-0.25, -0.2) is 0 Å². The topological polar surface area (TPSA) is 55.9 Å². The predicted molar refractivity (Wildman–Crippen MR) is 121 cm³/mol. The van der Waals surface area contributed by atoms with Gasteiger partial charge in [-0.3, -0.25) is 9.59 Å². The summed E-state index contributed by atoms with van der Waals surface area (Å²) in [6.45, 7) is 14.1. The van der Waals surface area contributed by atoms with E-state index in [1.807, 2.05) is 4.90 Å². The Morgan fingerprint density at radius 1 is 1.07 bits per heavy atom. The molecule has 0 aromatic heterocycles. The molecule has 30 heavy (non-hydrogen) atoms. The third kappa shape index (κ3) is 5.56. The van der Waals surface area contributed by atoms with E-state index in [4.69, 9.17) is 0 Å². The molecule has 0 aromatic carbocycles. The van der Waals surface area contributed by atoms with Gasteiger partial charge < -0.3 is 20.0 Å². The first-order valence-electron chi connectivity index (χ1n) is 12.2. The van der Waals surface area contributed by atoms with E-state index < -0.39 is 0 Å². The van der Waals surface area contributed by atoms with Crippen LogP contribution < -0.4 is 5.32 Å². The number of hydrogen-bond acceptors (Lipinski definition) is 4. The second-order valence-corrected chi connectivity index (χ2v) is 11.0. The van der Waals surface area contributed by atoms with E-state index in [-0.39, 0.29) is 23.9 Å². The van der Waals surface area contributed by atoms with Gasteiger partial charge in [0.1, 0.15) is 6.04 Å². The molecule has 3 aliphatic rings. The zero-order chi connectivity index (χ0) is 21.9. The third-order valence-electron chi connectivity index (χ3n) is 7.38. The van der Waals surface area contributed by atoms with Crippen LogP contribution >= 0.6 is 0 Å². The SMILES string of the molecule is CC(C)C[C@@H]1NCCN([C@@H](CC(C)C)C(=O)N2CCC3(CCCN(C)C3)CC2)C1=O. The second-order valence-electron chi connectivity index (χ2n) is 11.0. The summed E-state index contributed by atoms with van der Waals surface area (Å²) < 4.78 is 0. The van der Waals surface area contributed by atoms with E-state index in [1.54, 1.807) is 0 Å². The average Bonchev–Trinajstić information content (AvgIpc) is 2.67. The number of nitrogens with zero attached hydrogens (tertiary/aromatic N) is 3. The minimum atomic E-state index is -0.308. The van der Waals surface area contributed by atoms with Crippen LogP contribution in [-0.4, -0.2) is 84.9 Å². The van der Waals surface area contributed by atoms with E-state index in [0.29, 0.717) is 23.8 Å². The van der Waals surface area contributed by atoms with Gasteiger partial charge in [0.2, 0.25) is 11.8 Å². The zero-order valence-corrected chi connectivity index (χ0v) is 20.0. The fourth-order valence-electron chi connectivity index (χ4n) is 5.80. The van der Waals surface area contributed by atoms with E-state index in [1.165, 1.54) is 19.4 Å². The van der Waals surface area contributed by atoms with Crippen molar-refractivity contribution in [1.29, 1.82) is 0 Å². The van der Waals surface area contributed by atoms with Gasteiger partial charge in [-0.1, -0.05) is 27.7 Å². The van der Waals surface area contributed by atoms with Crippen molar-refractivity contribution in [2.24, 2.45) is 17.3 Å². The van der Waals surface area contributed by atoms with Crippen LogP contribution in [0, 0.1) is 17.3 Å². The van der Waals surface area contributed by atoms with Gasteiger partial charge in [0.25, 0.3) is 0 Å². The maximum Gasteiger partial charge on any atom is 0.245 e. The number of piperazine rings is 1. The summed E-state index contributed by atoms with van der Waals surface area (Å²) in [5.41, 5.74) is 0.393. The maximum absolute atomic E-state index is 13.6. The minimum absolute atomic E-state index is 0.122. The standard InChI is InChI=1S/C24H44N4O2/c1-18(2)15-20-22(29)28(14-10-25-20)21(16-19(3)4)23(30)27-12-8-24(9-13-27)7-6-11-26(5)17-24/h18-21,25H,6-17H2,1-5H3/t20-,21-/m0/s1. The summed E-state index contributed by atoms with van der Waals surface area (Å²) in [5.74, 6) is 1.14. The van der Waals surface area contributed by atoms with Crippen LogP contribution in [-0.2, 0) is 9.59 Å². The van der Waals surface area contributed by atoms with Gasteiger partial charge >= 0.3 is 0 Å². The molecule has 0 saturated carbocycles. The van der Waals surface area contributed by atoms with E-state index in [0.717, 1.165) is 51.9 Å². The highest BCUT2D eigenvalue weighted by molar-refractivity contribution is 5.90. The van der Waals surface area contributed by atoms with Gasteiger partial charge in [0.05, 0.1) is 6.04 Å². The number of carbonyl (C=O) groups is 2. The molecule has 0 aliphatic carbocycles. The molecule has 0 aromatic rings. The highest BCUT2D eigenvalue weighted by Crippen LogP contribution is 2.39. The Morgan fingerprint density at radius 2 is 1.77 bits per heavy atom. The molecule has 1 N–H and O–H groups in total. The Morgan fingerprint density at radius 3 is 2.37 bits per heavy atom. The summed E-state index contributed by atoms with van der Waals surface area (Å²) in [4.78, 5) is 33.3. The lowest BCUT2D eigenvalue weighted by Gasteiger charge is -2.48. The average molecular weight is 421 g/mol. The Hall–Kier alpha value is -1.14. The van der Waals surface area contributed by atoms with Crippen molar-refractivity contribution in [3.05, 3.63) is 0 Å². The molecular weight excluding hydrogens is 376 g/mol. The summed E-state index contributed by atoms with van der Waals surface area (Å²) in [6, 6.07) is -0.457. The molecule has 3 heterocycles. The number of amides is 2. The summed E-state index contributed by atoms with van der Waals surface area (Å²) >= 11 is 0. The van der Waals surface area contributed by atoms with Crippen LogP contribution in [0.4, 0.5) is 0 Å². The molecule has 0 bridgehead atoms. The van der Waals surface area contributed by atoms with Gasteiger partial charge in [0.15, 0.2) is 0 Å². The fraction of sp³-hybridized carbons (Fsp3) is 0.917. The number of piperidine rings is 2. The molecule has 1 spiro atoms. The third-order valence-corrected chi connectivity index (χ3v) is 7.38. The molecule has 0 unspecified atom stereocenters. The molecule has 0 radical (unpaired) electrons. The van der Waals surface area contributed by atoms with E-state index in [9.17, 15) is 9.59 Å². The van der Waals surface area contributed by atoms with Gasteiger partial charge in [-0.15, -0.1) is 0 Å². The Bertz CT molecular complexity index is 598. The van der Waals surface area contributed by atoms with E-state index in [2.05, 4.69) is 49.9 Å². The second kappa shape index (κ2) is 9.99. The quantitative estimate of drug-likeness (QED) is 0.718. The Labute approximate surface area is 183 Å². The summed E-state index contributed by atoms with van der Waals surface area (Å²) in [7, 11) is 2.22. The molecule has 3 fully saturated rings. The first kappa shape index (κ1) is 23.5. The Balaban J connectivity index is 1.68. The molecule has 3 saturated heterocycles. The van der Waals surface area contributed by atoms with Gasteiger partial charge in [0, 0.05) is 32.7 Å². The van der Waals surface area contributed by atoms with Crippen LogP contribution in [0.25, 0.3) is 0 Å².